The predicted octanol–water partition coefficient (Wildman–Crippen LogP) is 0.962. The van der Waals surface area contributed by atoms with Crippen LogP contribution in [0.2, 0.25) is 0 Å². The van der Waals surface area contributed by atoms with Gasteiger partial charge in [0.15, 0.2) is 0 Å². The van der Waals surface area contributed by atoms with Crippen molar-refractivity contribution in [2.75, 3.05) is 26.4 Å². The molecule has 0 aliphatic carbocycles. The number of hydrogen-bond acceptors (Lipinski definition) is 5. The van der Waals surface area contributed by atoms with Crippen molar-refractivity contribution in [1.82, 2.24) is 0 Å². The summed E-state index contributed by atoms with van der Waals surface area (Å²) in [5.41, 5.74) is 0.931. The zero-order valence-electron chi connectivity index (χ0n) is 10.0. The molecule has 0 amide bonds. The molecule has 18 heavy (non-hydrogen) atoms. The van der Waals surface area contributed by atoms with Gasteiger partial charge in [-0.1, -0.05) is 30.3 Å². The smallest absolute Gasteiger partial charge is 0.332 e. The predicted molar refractivity (Wildman–Crippen MR) is 63.9 cm³/mol. The fraction of sp³-hybridized carbons (Fsp3) is 0.385. The van der Waals surface area contributed by atoms with Gasteiger partial charge < -0.3 is 19.0 Å². The van der Waals surface area contributed by atoms with Crippen LogP contribution < -0.4 is 0 Å². The Morgan fingerprint density at radius 1 is 1.11 bits per heavy atom. The quantitative estimate of drug-likeness (QED) is 0.372. The molecule has 0 saturated heterocycles. The van der Waals surface area contributed by atoms with E-state index in [0.717, 1.165) is 5.56 Å². The molecule has 0 spiro atoms. The van der Waals surface area contributed by atoms with Crippen LogP contribution >= 0.6 is 0 Å². The highest BCUT2D eigenvalue weighted by Crippen LogP contribution is 2.00. The Morgan fingerprint density at radius 3 is 2.56 bits per heavy atom. The van der Waals surface area contributed by atoms with E-state index in [4.69, 9.17) is 14.2 Å². The van der Waals surface area contributed by atoms with E-state index in [2.05, 4.69) is 0 Å². The molecule has 1 aromatic rings. The first-order valence-corrected chi connectivity index (χ1v) is 5.61. The van der Waals surface area contributed by atoms with Crippen LogP contribution in [0.1, 0.15) is 5.56 Å². The van der Waals surface area contributed by atoms with Crippen LogP contribution in [0.3, 0.4) is 0 Å². The largest absolute Gasteiger partial charge is 0.459 e. The molecule has 0 N–H and O–H groups in total. The van der Waals surface area contributed by atoms with Crippen molar-refractivity contribution in [2.24, 2.45) is 0 Å². The average Bonchev–Trinajstić information content (AvgIpc) is 2.41. The van der Waals surface area contributed by atoms with Gasteiger partial charge >= 0.3 is 5.97 Å². The molecule has 0 saturated carbocycles. The van der Waals surface area contributed by atoms with Crippen LogP contribution in [0.25, 0.3) is 0 Å². The van der Waals surface area contributed by atoms with Crippen LogP contribution in [0.4, 0.5) is 0 Å². The number of carbonyl (C=O) groups excluding carboxylic acids is 2. The summed E-state index contributed by atoms with van der Waals surface area (Å²) in [6.45, 7) is 0.711. The Kier molecular flexibility index (Phi) is 7.43. The molecule has 1 rings (SSSR count). The number of hydrogen-bond donors (Lipinski definition) is 0. The molecule has 0 aliphatic rings. The number of aldehydes is 1. The van der Waals surface area contributed by atoms with Crippen molar-refractivity contribution in [2.45, 2.75) is 6.61 Å². The van der Waals surface area contributed by atoms with Gasteiger partial charge in [-0.15, -0.1) is 0 Å². The lowest BCUT2D eigenvalue weighted by atomic mass is 10.2. The summed E-state index contributed by atoms with van der Waals surface area (Å²) in [7, 11) is 0. The van der Waals surface area contributed by atoms with Crippen LogP contribution in [-0.4, -0.2) is 38.7 Å². The molecule has 1 aromatic carbocycles. The summed E-state index contributed by atoms with van der Waals surface area (Å²) in [4.78, 5) is 21.2. The molecule has 0 aliphatic heterocycles. The van der Waals surface area contributed by atoms with E-state index in [0.29, 0.717) is 6.29 Å². The summed E-state index contributed by atoms with van der Waals surface area (Å²) >= 11 is 0. The van der Waals surface area contributed by atoms with Crippen LogP contribution in [0.5, 0.6) is 0 Å². The molecule has 0 radical (unpaired) electrons. The summed E-state index contributed by atoms with van der Waals surface area (Å²) < 4.78 is 14.9. The number of esters is 1. The van der Waals surface area contributed by atoms with Gasteiger partial charge in [-0.2, -0.15) is 0 Å². The van der Waals surface area contributed by atoms with Gasteiger partial charge in [0.25, 0.3) is 0 Å². The maximum absolute atomic E-state index is 11.3. The van der Waals surface area contributed by atoms with Crippen molar-refractivity contribution in [3.63, 3.8) is 0 Å². The van der Waals surface area contributed by atoms with Crippen LogP contribution in [0, 0.1) is 0 Å². The first-order valence-electron chi connectivity index (χ1n) is 5.61. The average molecular weight is 252 g/mol. The number of ether oxygens (including phenoxy) is 3. The Hall–Kier alpha value is -1.72. The third kappa shape index (κ3) is 6.78. The zero-order chi connectivity index (χ0) is 13.1. The molecule has 0 unspecified atom stereocenters. The highest BCUT2D eigenvalue weighted by molar-refractivity contribution is 5.70. The molecule has 0 bridgehead atoms. The Bertz CT molecular complexity index is 350. The van der Waals surface area contributed by atoms with Gasteiger partial charge in [0, 0.05) is 0 Å². The Balaban J connectivity index is 2.02. The van der Waals surface area contributed by atoms with Crippen molar-refractivity contribution in [3.05, 3.63) is 35.9 Å². The monoisotopic (exact) mass is 252 g/mol. The topological polar surface area (TPSA) is 61.8 Å². The zero-order valence-corrected chi connectivity index (χ0v) is 10.0. The number of carbonyl (C=O) groups is 2. The van der Waals surface area contributed by atoms with E-state index >= 15 is 0 Å². The van der Waals surface area contributed by atoms with E-state index in [1.165, 1.54) is 0 Å². The number of rotatable bonds is 9. The summed E-state index contributed by atoms with van der Waals surface area (Å²) in [5.74, 6) is -0.422. The van der Waals surface area contributed by atoms with Crippen LogP contribution in [0.15, 0.2) is 30.3 Å². The molecule has 0 atom stereocenters. The maximum Gasteiger partial charge on any atom is 0.332 e. The molecule has 5 heteroatoms. The Morgan fingerprint density at radius 2 is 1.83 bits per heavy atom. The summed E-state index contributed by atoms with van der Waals surface area (Å²) in [6.07, 6.45) is 0.661. The van der Waals surface area contributed by atoms with Crippen molar-refractivity contribution < 1.29 is 23.8 Å². The van der Waals surface area contributed by atoms with E-state index in [-0.39, 0.29) is 33.0 Å². The third-order valence-corrected chi connectivity index (χ3v) is 2.02. The highest BCUT2D eigenvalue weighted by Gasteiger charge is 2.03. The lowest BCUT2D eigenvalue weighted by molar-refractivity contribution is -0.150. The van der Waals surface area contributed by atoms with Gasteiger partial charge in [0.05, 0.1) is 13.2 Å². The molecule has 5 nitrogen and oxygen atoms in total. The second-order valence-electron chi connectivity index (χ2n) is 3.44. The lowest BCUT2D eigenvalue weighted by Gasteiger charge is -2.05. The van der Waals surface area contributed by atoms with Crippen molar-refractivity contribution in [3.8, 4) is 0 Å². The fourth-order valence-electron chi connectivity index (χ4n) is 1.18. The normalized spacial score (nSPS) is 10.0. The maximum atomic E-state index is 11.3. The minimum atomic E-state index is -0.422. The van der Waals surface area contributed by atoms with Crippen LogP contribution in [-0.2, 0) is 30.4 Å². The van der Waals surface area contributed by atoms with E-state index in [9.17, 15) is 9.59 Å². The minimum Gasteiger partial charge on any atom is -0.459 e. The highest BCUT2D eigenvalue weighted by atomic mass is 16.6. The van der Waals surface area contributed by atoms with Gasteiger partial charge in [0.2, 0.25) is 0 Å². The van der Waals surface area contributed by atoms with Gasteiger partial charge in [-0.3, -0.25) is 0 Å². The minimum absolute atomic E-state index is 0.0435. The molecular weight excluding hydrogens is 236 g/mol. The first kappa shape index (κ1) is 14.3. The number of benzene rings is 1. The summed E-state index contributed by atoms with van der Waals surface area (Å²) in [5, 5.41) is 0. The fourth-order valence-corrected chi connectivity index (χ4v) is 1.18. The second-order valence-corrected chi connectivity index (χ2v) is 3.44. The van der Waals surface area contributed by atoms with Crippen molar-refractivity contribution >= 4 is 12.3 Å². The van der Waals surface area contributed by atoms with Gasteiger partial charge in [-0.05, 0) is 5.56 Å². The van der Waals surface area contributed by atoms with Crippen molar-refractivity contribution in [1.29, 1.82) is 0 Å². The van der Waals surface area contributed by atoms with E-state index < -0.39 is 5.97 Å². The van der Waals surface area contributed by atoms with Gasteiger partial charge in [-0.25, -0.2) is 4.79 Å². The standard InChI is InChI=1S/C13H16O5/c14-6-7-16-8-9-17-11-13(15)18-10-12-4-2-1-3-5-12/h1-6H,7-11H2. The molecule has 0 aromatic heterocycles. The summed E-state index contributed by atoms with van der Waals surface area (Å²) in [6, 6.07) is 9.41. The Labute approximate surface area is 106 Å². The van der Waals surface area contributed by atoms with E-state index in [1.54, 1.807) is 0 Å². The lowest BCUT2D eigenvalue weighted by Crippen LogP contribution is -2.15. The molecule has 0 heterocycles. The third-order valence-electron chi connectivity index (χ3n) is 2.02. The molecule has 0 fully saturated rings. The molecular formula is C13H16O5. The van der Waals surface area contributed by atoms with E-state index in [1.807, 2.05) is 30.3 Å². The first-order chi connectivity index (χ1) is 8.83. The second kappa shape index (κ2) is 9.32. The molecule has 98 valence electrons. The SMILES string of the molecule is O=CCOCCOCC(=O)OCc1ccccc1. The van der Waals surface area contributed by atoms with Gasteiger partial charge in [0.1, 0.15) is 26.1 Å².